The zero-order valence-electron chi connectivity index (χ0n) is 15.9. The van der Waals surface area contributed by atoms with E-state index in [9.17, 15) is 0 Å². The van der Waals surface area contributed by atoms with Crippen molar-refractivity contribution in [3.8, 4) is 23.0 Å². The molecular weight excluding hydrogens is 344 g/mol. The molecule has 1 heterocycles. The minimum atomic E-state index is -2.00. The van der Waals surface area contributed by atoms with Gasteiger partial charge in [-0.2, -0.15) is 0 Å². The van der Waals surface area contributed by atoms with E-state index in [1.807, 2.05) is 24.3 Å². The molecule has 0 amide bonds. The van der Waals surface area contributed by atoms with Crippen molar-refractivity contribution < 1.29 is 18.9 Å². The first-order valence-corrected chi connectivity index (χ1v) is 11.2. The molecule has 0 atom stereocenters. The van der Waals surface area contributed by atoms with Crippen LogP contribution in [0.15, 0.2) is 43.0 Å². The molecule has 1 aliphatic rings. The van der Waals surface area contributed by atoms with Gasteiger partial charge in [0, 0.05) is 17.3 Å². The standard InChI is InChI=1S/C21H26O4Si/c1-15(16-7-9-17(22-2)10-8-16)26(11-6-12-26)21-19(24-4)13-18(23-3)14-20(21)25-5/h7-10,13-14H,1,6,11-12H2,2-5H3. The Hall–Kier alpha value is -2.40. The lowest BCUT2D eigenvalue weighted by molar-refractivity contribution is 0.379. The first-order valence-electron chi connectivity index (χ1n) is 8.74. The van der Waals surface area contributed by atoms with E-state index in [2.05, 4.69) is 18.7 Å². The average molecular weight is 371 g/mol. The molecule has 1 saturated heterocycles. The molecule has 4 nitrogen and oxygen atoms in total. The van der Waals surface area contributed by atoms with E-state index in [0.717, 1.165) is 40.6 Å². The Morgan fingerprint density at radius 2 is 1.35 bits per heavy atom. The number of ether oxygens (including phenoxy) is 4. The third-order valence-electron chi connectivity index (χ3n) is 5.42. The summed E-state index contributed by atoms with van der Waals surface area (Å²) in [7, 11) is 4.74. The quantitative estimate of drug-likeness (QED) is 0.690. The summed E-state index contributed by atoms with van der Waals surface area (Å²) in [4.78, 5) is 0. The van der Waals surface area contributed by atoms with Gasteiger partial charge in [-0.25, -0.2) is 0 Å². The minimum Gasteiger partial charge on any atom is -0.497 e. The van der Waals surface area contributed by atoms with Gasteiger partial charge in [0.2, 0.25) is 0 Å². The number of methoxy groups -OCH3 is 4. The molecule has 0 aromatic heterocycles. The number of rotatable bonds is 7. The van der Waals surface area contributed by atoms with Crippen LogP contribution in [-0.4, -0.2) is 36.5 Å². The molecule has 1 fully saturated rings. The second-order valence-corrected chi connectivity index (χ2v) is 10.8. The zero-order valence-corrected chi connectivity index (χ0v) is 16.9. The maximum absolute atomic E-state index is 5.75. The molecule has 0 radical (unpaired) electrons. The van der Waals surface area contributed by atoms with E-state index >= 15 is 0 Å². The molecule has 0 unspecified atom stereocenters. The van der Waals surface area contributed by atoms with Crippen LogP contribution in [-0.2, 0) is 0 Å². The Kier molecular flexibility index (Phi) is 5.27. The van der Waals surface area contributed by atoms with Crippen molar-refractivity contribution in [1.29, 1.82) is 0 Å². The van der Waals surface area contributed by atoms with Gasteiger partial charge < -0.3 is 18.9 Å². The third kappa shape index (κ3) is 2.96. The Balaban J connectivity index is 2.11. The number of hydrogen-bond acceptors (Lipinski definition) is 4. The highest BCUT2D eigenvalue weighted by molar-refractivity contribution is 7.08. The van der Waals surface area contributed by atoms with Crippen LogP contribution >= 0.6 is 0 Å². The molecule has 2 aromatic rings. The lowest BCUT2D eigenvalue weighted by atomic mass is 10.2. The summed E-state index contributed by atoms with van der Waals surface area (Å²) in [6.07, 6.45) is 1.21. The maximum atomic E-state index is 5.75. The predicted octanol–water partition coefficient (Wildman–Crippen LogP) is 4.03. The van der Waals surface area contributed by atoms with E-state index < -0.39 is 8.07 Å². The van der Waals surface area contributed by atoms with Crippen molar-refractivity contribution in [3.63, 3.8) is 0 Å². The fourth-order valence-corrected chi connectivity index (χ4v) is 8.26. The van der Waals surface area contributed by atoms with Crippen molar-refractivity contribution >= 4 is 18.5 Å². The summed E-state index contributed by atoms with van der Waals surface area (Å²) in [6.45, 7) is 4.52. The van der Waals surface area contributed by atoms with Gasteiger partial charge in [0.15, 0.2) is 0 Å². The Morgan fingerprint density at radius 3 is 1.73 bits per heavy atom. The molecule has 5 heteroatoms. The summed E-state index contributed by atoms with van der Waals surface area (Å²) < 4.78 is 22.2. The smallest absolute Gasteiger partial charge is 0.127 e. The Morgan fingerprint density at radius 1 is 0.808 bits per heavy atom. The lowest BCUT2D eigenvalue weighted by Gasteiger charge is -2.43. The van der Waals surface area contributed by atoms with E-state index in [1.165, 1.54) is 16.8 Å². The highest BCUT2D eigenvalue weighted by Crippen LogP contribution is 2.46. The highest BCUT2D eigenvalue weighted by atomic mass is 28.3. The maximum Gasteiger partial charge on any atom is 0.127 e. The lowest BCUT2D eigenvalue weighted by Crippen LogP contribution is -2.55. The molecule has 3 rings (SSSR count). The van der Waals surface area contributed by atoms with Crippen LogP contribution in [0.2, 0.25) is 12.1 Å². The fourth-order valence-electron chi connectivity index (χ4n) is 3.78. The molecular formula is C21H26O4Si. The SMILES string of the molecule is C=C(c1ccc(OC)cc1)[Si]1(c2c(OC)cc(OC)cc2OC)CCC1. The molecule has 26 heavy (non-hydrogen) atoms. The van der Waals surface area contributed by atoms with Crippen LogP contribution < -0.4 is 24.1 Å². The van der Waals surface area contributed by atoms with Crippen LogP contribution in [0.4, 0.5) is 0 Å². The van der Waals surface area contributed by atoms with Crippen LogP contribution in [0.1, 0.15) is 12.0 Å². The van der Waals surface area contributed by atoms with E-state index in [1.54, 1.807) is 28.4 Å². The molecule has 2 aromatic carbocycles. The van der Waals surface area contributed by atoms with Gasteiger partial charge >= 0.3 is 0 Å². The van der Waals surface area contributed by atoms with Gasteiger partial charge in [0.25, 0.3) is 0 Å². The Bertz CT molecular complexity index is 769. The molecule has 1 aliphatic heterocycles. The molecule has 0 bridgehead atoms. The second kappa shape index (κ2) is 7.46. The van der Waals surface area contributed by atoms with E-state index in [4.69, 9.17) is 18.9 Å². The molecule has 0 aliphatic carbocycles. The molecule has 0 spiro atoms. The van der Waals surface area contributed by atoms with Gasteiger partial charge in [-0.05, 0) is 29.8 Å². The summed E-state index contributed by atoms with van der Waals surface area (Å²) in [6, 6.07) is 14.4. The third-order valence-corrected chi connectivity index (χ3v) is 10.7. The van der Waals surface area contributed by atoms with Crippen molar-refractivity contribution in [2.24, 2.45) is 0 Å². The minimum absolute atomic E-state index is 0.737. The summed E-state index contributed by atoms with van der Waals surface area (Å²) >= 11 is 0. The molecule has 138 valence electrons. The molecule has 0 saturated carbocycles. The largest absolute Gasteiger partial charge is 0.497 e. The van der Waals surface area contributed by atoms with Gasteiger partial charge in [0.05, 0.1) is 28.4 Å². The van der Waals surface area contributed by atoms with Crippen molar-refractivity contribution in [3.05, 3.63) is 48.5 Å². The monoisotopic (exact) mass is 370 g/mol. The predicted molar refractivity (Wildman–Crippen MR) is 108 cm³/mol. The van der Waals surface area contributed by atoms with Crippen molar-refractivity contribution in [1.82, 2.24) is 0 Å². The van der Waals surface area contributed by atoms with E-state index in [-0.39, 0.29) is 0 Å². The van der Waals surface area contributed by atoms with Gasteiger partial charge in [0.1, 0.15) is 31.1 Å². The first-order chi connectivity index (χ1) is 12.6. The van der Waals surface area contributed by atoms with Crippen LogP contribution in [0, 0.1) is 0 Å². The highest BCUT2D eigenvalue weighted by Gasteiger charge is 2.48. The average Bonchev–Trinajstić information content (AvgIpc) is 2.66. The number of hydrogen-bond donors (Lipinski definition) is 0. The van der Waals surface area contributed by atoms with Crippen LogP contribution in [0.5, 0.6) is 23.0 Å². The summed E-state index contributed by atoms with van der Waals surface area (Å²) in [5.74, 6) is 3.26. The number of benzene rings is 2. The normalized spacial score (nSPS) is 14.9. The summed E-state index contributed by atoms with van der Waals surface area (Å²) in [5, 5.41) is 2.41. The first kappa shape index (κ1) is 18.4. The Labute approximate surface area is 156 Å². The topological polar surface area (TPSA) is 36.9 Å². The fraction of sp³-hybridized carbons (Fsp3) is 0.333. The van der Waals surface area contributed by atoms with Crippen molar-refractivity contribution in [2.45, 2.75) is 18.5 Å². The van der Waals surface area contributed by atoms with Crippen LogP contribution in [0.25, 0.3) is 5.20 Å². The summed E-state index contributed by atoms with van der Waals surface area (Å²) in [5.41, 5.74) is 1.16. The van der Waals surface area contributed by atoms with Gasteiger partial charge in [-0.1, -0.05) is 30.3 Å². The zero-order chi connectivity index (χ0) is 18.7. The van der Waals surface area contributed by atoms with Crippen LogP contribution in [0.3, 0.4) is 0 Å². The van der Waals surface area contributed by atoms with Crippen molar-refractivity contribution in [2.75, 3.05) is 28.4 Å². The van der Waals surface area contributed by atoms with Gasteiger partial charge in [-0.3, -0.25) is 0 Å². The second-order valence-electron chi connectivity index (χ2n) is 6.55. The molecule has 0 N–H and O–H groups in total. The van der Waals surface area contributed by atoms with Gasteiger partial charge in [-0.15, -0.1) is 0 Å². The van der Waals surface area contributed by atoms with E-state index in [0.29, 0.717) is 0 Å².